The minimum atomic E-state index is -3.60. The van der Waals surface area contributed by atoms with Gasteiger partial charge in [0, 0.05) is 46.9 Å². The quantitative estimate of drug-likeness (QED) is 0.471. The number of ketones is 2. The zero-order chi connectivity index (χ0) is 24.7. The number of hydrogen-bond acceptors (Lipinski definition) is 5. The number of carbonyl (C=O) groups excluding carboxylic acids is 3. The molecular weight excluding hydrogens is 464 g/mol. The molecule has 5 rings (SSSR count). The van der Waals surface area contributed by atoms with Gasteiger partial charge in [0.25, 0.3) is 0 Å². The molecule has 1 aliphatic heterocycles. The van der Waals surface area contributed by atoms with Crippen LogP contribution in [0.2, 0.25) is 0 Å². The van der Waals surface area contributed by atoms with Crippen LogP contribution in [0, 0.1) is 12.8 Å². The van der Waals surface area contributed by atoms with Crippen molar-refractivity contribution in [1.82, 2.24) is 4.31 Å². The van der Waals surface area contributed by atoms with Gasteiger partial charge < -0.3 is 5.32 Å². The molecule has 3 aromatic carbocycles. The predicted octanol–water partition coefficient (Wildman–Crippen LogP) is 3.81. The second-order valence-corrected chi connectivity index (χ2v) is 10.9. The molecule has 1 saturated heterocycles. The SMILES string of the molecule is Cc1ccc(S(=O)(=O)N2CCC(C(=O)Nc3ccc4c(c3)C(=O)c3ccccc3C4=O)CC2)cc1. The van der Waals surface area contributed by atoms with E-state index in [9.17, 15) is 22.8 Å². The van der Waals surface area contributed by atoms with Crippen molar-refractivity contribution in [2.45, 2.75) is 24.7 Å². The van der Waals surface area contributed by atoms with Crippen LogP contribution in [0.15, 0.2) is 71.6 Å². The molecule has 0 aromatic heterocycles. The second-order valence-electron chi connectivity index (χ2n) is 8.94. The highest BCUT2D eigenvalue weighted by atomic mass is 32.2. The molecule has 35 heavy (non-hydrogen) atoms. The molecule has 2 aliphatic rings. The van der Waals surface area contributed by atoms with Crippen LogP contribution < -0.4 is 5.32 Å². The van der Waals surface area contributed by atoms with Gasteiger partial charge in [0.05, 0.1) is 4.90 Å². The summed E-state index contributed by atoms with van der Waals surface area (Å²) in [5.74, 6) is -1.04. The molecule has 1 N–H and O–H groups in total. The van der Waals surface area contributed by atoms with E-state index < -0.39 is 10.0 Å². The molecule has 0 bridgehead atoms. The Bertz CT molecular complexity index is 1450. The average Bonchev–Trinajstić information content (AvgIpc) is 2.87. The molecule has 7 nitrogen and oxygen atoms in total. The number of amides is 1. The summed E-state index contributed by atoms with van der Waals surface area (Å²) in [6.07, 6.45) is 0.791. The van der Waals surface area contributed by atoms with Crippen molar-refractivity contribution in [2.75, 3.05) is 18.4 Å². The Kier molecular flexibility index (Phi) is 5.86. The fourth-order valence-electron chi connectivity index (χ4n) is 4.64. The van der Waals surface area contributed by atoms with Crippen molar-refractivity contribution in [3.05, 3.63) is 94.5 Å². The zero-order valence-electron chi connectivity index (χ0n) is 19.2. The molecule has 178 valence electrons. The second kappa shape index (κ2) is 8.87. The summed E-state index contributed by atoms with van der Waals surface area (Å²) in [7, 11) is -3.60. The molecule has 1 amide bonds. The van der Waals surface area contributed by atoms with Crippen LogP contribution in [0.25, 0.3) is 0 Å². The summed E-state index contributed by atoms with van der Waals surface area (Å²) in [4.78, 5) is 38.9. The highest BCUT2D eigenvalue weighted by Gasteiger charge is 2.33. The van der Waals surface area contributed by atoms with Gasteiger partial charge in [-0.3, -0.25) is 14.4 Å². The van der Waals surface area contributed by atoms with Gasteiger partial charge in [-0.2, -0.15) is 4.31 Å². The number of anilines is 1. The molecule has 1 aliphatic carbocycles. The minimum Gasteiger partial charge on any atom is -0.326 e. The predicted molar refractivity (Wildman–Crippen MR) is 131 cm³/mol. The molecule has 0 unspecified atom stereocenters. The van der Waals surface area contributed by atoms with E-state index in [4.69, 9.17) is 0 Å². The first-order chi connectivity index (χ1) is 16.8. The number of nitrogens with zero attached hydrogens (tertiary/aromatic N) is 1. The number of sulfonamides is 1. The van der Waals surface area contributed by atoms with E-state index in [0.717, 1.165) is 5.56 Å². The van der Waals surface area contributed by atoms with Gasteiger partial charge in [-0.25, -0.2) is 8.42 Å². The Hall–Kier alpha value is -3.62. The molecule has 1 fully saturated rings. The van der Waals surface area contributed by atoms with Gasteiger partial charge in [0.15, 0.2) is 11.6 Å². The Morgan fingerprint density at radius 3 is 2.03 bits per heavy atom. The van der Waals surface area contributed by atoms with Crippen LogP contribution in [-0.2, 0) is 14.8 Å². The van der Waals surface area contributed by atoms with Crippen molar-refractivity contribution in [2.24, 2.45) is 5.92 Å². The largest absolute Gasteiger partial charge is 0.326 e. The van der Waals surface area contributed by atoms with E-state index in [2.05, 4.69) is 5.32 Å². The number of benzene rings is 3. The first kappa shape index (κ1) is 23.1. The number of rotatable bonds is 4. The maximum absolute atomic E-state index is 12.9. The lowest BCUT2D eigenvalue weighted by Crippen LogP contribution is -2.41. The molecule has 8 heteroatoms. The number of aryl methyl sites for hydroxylation is 1. The molecular formula is C27H24N2O5S. The van der Waals surface area contributed by atoms with Crippen molar-refractivity contribution in [1.29, 1.82) is 0 Å². The maximum atomic E-state index is 12.9. The van der Waals surface area contributed by atoms with E-state index in [0.29, 0.717) is 35.2 Å². The maximum Gasteiger partial charge on any atom is 0.243 e. The van der Waals surface area contributed by atoms with Crippen molar-refractivity contribution < 1.29 is 22.8 Å². The van der Waals surface area contributed by atoms with Crippen LogP contribution >= 0.6 is 0 Å². The lowest BCUT2D eigenvalue weighted by molar-refractivity contribution is -0.120. The monoisotopic (exact) mass is 488 g/mol. The summed E-state index contributed by atoms with van der Waals surface area (Å²) in [6, 6.07) is 18.2. The highest BCUT2D eigenvalue weighted by Crippen LogP contribution is 2.30. The van der Waals surface area contributed by atoms with Crippen LogP contribution in [0.4, 0.5) is 5.69 Å². The summed E-state index contributed by atoms with van der Waals surface area (Å²) < 4.78 is 27.2. The first-order valence-corrected chi connectivity index (χ1v) is 12.9. The Labute approximate surface area is 203 Å². The standard InChI is InChI=1S/C27H24N2O5S/c1-17-6-9-20(10-7-17)35(33,34)29-14-12-18(13-15-29)27(32)28-19-8-11-23-24(16-19)26(31)22-5-3-2-4-21(22)25(23)30/h2-11,16,18H,12-15H2,1H3,(H,28,32). The highest BCUT2D eigenvalue weighted by molar-refractivity contribution is 7.89. The third-order valence-electron chi connectivity index (χ3n) is 6.68. The Morgan fingerprint density at radius 2 is 1.40 bits per heavy atom. The van der Waals surface area contributed by atoms with Gasteiger partial charge in [0.1, 0.15) is 0 Å². The molecule has 3 aromatic rings. The molecule has 0 atom stereocenters. The fraction of sp³-hybridized carbons (Fsp3) is 0.222. The topological polar surface area (TPSA) is 101 Å². The number of fused-ring (bicyclic) bond motifs is 2. The molecule has 0 spiro atoms. The Morgan fingerprint density at radius 1 is 0.829 bits per heavy atom. The van der Waals surface area contributed by atoms with Gasteiger partial charge >= 0.3 is 0 Å². The average molecular weight is 489 g/mol. The van der Waals surface area contributed by atoms with E-state index in [1.54, 1.807) is 66.7 Å². The number of hydrogen-bond donors (Lipinski definition) is 1. The first-order valence-electron chi connectivity index (χ1n) is 11.5. The van der Waals surface area contributed by atoms with Crippen molar-refractivity contribution >= 4 is 33.2 Å². The van der Waals surface area contributed by atoms with Crippen molar-refractivity contribution in [3.8, 4) is 0 Å². The minimum absolute atomic E-state index is 0.213. The van der Waals surface area contributed by atoms with E-state index in [-0.39, 0.29) is 46.9 Å². The van der Waals surface area contributed by atoms with E-state index in [1.807, 2.05) is 6.92 Å². The smallest absolute Gasteiger partial charge is 0.243 e. The Balaban J connectivity index is 1.26. The zero-order valence-corrected chi connectivity index (χ0v) is 20.0. The summed E-state index contributed by atoms with van der Waals surface area (Å²) in [5.41, 5.74) is 2.75. The van der Waals surface area contributed by atoms with E-state index in [1.165, 1.54) is 4.31 Å². The van der Waals surface area contributed by atoms with Crippen LogP contribution in [0.5, 0.6) is 0 Å². The fourth-order valence-corrected chi connectivity index (χ4v) is 6.11. The summed E-state index contributed by atoms with van der Waals surface area (Å²) >= 11 is 0. The van der Waals surface area contributed by atoms with Crippen molar-refractivity contribution in [3.63, 3.8) is 0 Å². The molecule has 0 radical (unpaired) electrons. The molecule has 0 saturated carbocycles. The summed E-state index contributed by atoms with van der Waals surface area (Å²) in [5, 5.41) is 2.84. The van der Waals surface area contributed by atoms with Crippen LogP contribution in [0.1, 0.15) is 50.2 Å². The number of nitrogens with one attached hydrogen (secondary N) is 1. The van der Waals surface area contributed by atoms with Gasteiger partial charge in [0.2, 0.25) is 15.9 Å². The van der Waals surface area contributed by atoms with Gasteiger partial charge in [-0.05, 0) is 50.1 Å². The van der Waals surface area contributed by atoms with Crippen LogP contribution in [0.3, 0.4) is 0 Å². The van der Waals surface area contributed by atoms with Crippen LogP contribution in [-0.4, -0.2) is 43.3 Å². The number of piperidine rings is 1. The van der Waals surface area contributed by atoms with Gasteiger partial charge in [-0.1, -0.05) is 42.0 Å². The lowest BCUT2D eigenvalue weighted by Gasteiger charge is -2.30. The third kappa shape index (κ3) is 4.19. The lowest BCUT2D eigenvalue weighted by atomic mass is 9.84. The number of carbonyl (C=O) groups is 3. The normalized spacial score (nSPS) is 16.5. The van der Waals surface area contributed by atoms with Gasteiger partial charge in [-0.15, -0.1) is 0 Å². The third-order valence-corrected chi connectivity index (χ3v) is 8.59. The van der Waals surface area contributed by atoms with E-state index >= 15 is 0 Å². The molecule has 1 heterocycles. The summed E-state index contributed by atoms with van der Waals surface area (Å²) in [6.45, 7) is 2.40.